The summed E-state index contributed by atoms with van der Waals surface area (Å²) in [7, 11) is 0. The molecular weight excluding hydrogens is 404 g/mol. The average Bonchev–Trinajstić information content (AvgIpc) is 3.01. The fourth-order valence-corrected chi connectivity index (χ4v) is 2.87. The van der Waals surface area contributed by atoms with Gasteiger partial charge in [-0.1, -0.05) is 0 Å². The van der Waals surface area contributed by atoms with Crippen LogP contribution in [0.1, 0.15) is 17.5 Å². The van der Waals surface area contributed by atoms with Gasteiger partial charge in [0, 0.05) is 0 Å². The van der Waals surface area contributed by atoms with Gasteiger partial charge in [0.05, 0.1) is 18.5 Å². The first-order valence-electron chi connectivity index (χ1n) is 7.68. The van der Waals surface area contributed by atoms with E-state index in [9.17, 15) is 46.8 Å². The Balaban J connectivity index is 2.20. The Bertz CT molecular complexity index is 867. The predicted octanol–water partition coefficient (Wildman–Crippen LogP) is 0.441. The molecule has 0 bridgehead atoms. The number of halogens is 6. The number of aliphatic hydroxyl groups is 4. The Morgan fingerprint density at radius 1 is 1.00 bits per heavy atom. The monoisotopic (exact) mass is 417 g/mol. The van der Waals surface area contributed by atoms with Gasteiger partial charge < -0.3 is 25.2 Å². The molecule has 3 heterocycles. The van der Waals surface area contributed by atoms with Crippen molar-refractivity contribution in [3.8, 4) is 0 Å². The maximum Gasteiger partial charge on any atom is 0.433 e. The summed E-state index contributed by atoms with van der Waals surface area (Å²) in [5.41, 5.74) is -5.39. The Hall–Kier alpha value is -2.00. The van der Waals surface area contributed by atoms with Gasteiger partial charge in [-0.3, -0.25) is 4.57 Å². The first-order valence-corrected chi connectivity index (χ1v) is 7.68. The van der Waals surface area contributed by atoms with Gasteiger partial charge in [-0.25, -0.2) is 9.97 Å². The molecule has 0 unspecified atom stereocenters. The van der Waals surface area contributed by atoms with Gasteiger partial charge in [0.25, 0.3) is 0 Å². The highest BCUT2D eigenvalue weighted by atomic mass is 19.4. The number of nitrogens with zero attached hydrogens (tertiary/aromatic N) is 3. The van der Waals surface area contributed by atoms with Crippen LogP contribution in [0.2, 0.25) is 0 Å². The van der Waals surface area contributed by atoms with Crippen molar-refractivity contribution in [1.82, 2.24) is 14.5 Å². The first kappa shape index (κ1) is 20.7. The van der Waals surface area contributed by atoms with Gasteiger partial charge in [0.15, 0.2) is 11.9 Å². The first-order chi connectivity index (χ1) is 12.9. The van der Waals surface area contributed by atoms with Crippen molar-refractivity contribution < 1.29 is 51.5 Å². The number of ether oxygens (including phenoxy) is 1. The van der Waals surface area contributed by atoms with Crippen molar-refractivity contribution in [3.05, 3.63) is 23.7 Å². The van der Waals surface area contributed by atoms with Gasteiger partial charge in [-0.2, -0.15) is 26.3 Å². The number of hydrogen-bond acceptors (Lipinski definition) is 7. The minimum atomic E-state index is -5.21. The maximum absolute atomic E-state index is 13.2. The molecule has 1 saturated heterocycles. The molecule has 0 saturated carbocycles. The van der Waals surface area contributed by atoms with Crippen molar-refractivity contribution in [2.75, 3.05) is 6.61 Å². The maximum atomic E-state index is 13.2. The van der Waals surface area contributed by atoms with E-state index in [1.165, 1.54) is 0 Å². The Labute approximate surface area is 151 Å². The van der Waals surface area contributed by atoms with Crippen molar-refractivity contribution in [3.63, 3.8) is 0 Å². The van der Waals surface area contributed by atoms with Gasteiger partial charge in [0.2, 0.25) is 0 Å². The van der Waals surface area contributed by atoms with Crippen LogP contribution < -0.4 is 0 Å². The van der Waals surface area contributed by atoms with E-state index in [2.05, 4.69) is 9.97 Å². The standard InChI is InChI=1S/C14H13F6N3O5/c15-13(16,17)4-1-6(14(18,19)20)22-11-7(4)21-3-23(11)12-10(27)9(26)8(25)5(2-24)28-12/h1,3,5,8-10,12,24-27H,2H2/t5-,8-,9+,10-,12-/m1/s1. The number of alkyl halides is 6. The largest absolute Gasteiger partial charge is 0.433 e. The molecule has 2 aromatic heterocycles. The van der Waals surface area contributed by atoms with Crippen LogP contribution in [0.25, 0.3) is 11.2 Å². The summed E-state index contributed by atoms with van der Waals surface area (Å²) in [6, 6.07) is -0.188. The van der Waals surface area contributed by atoms with Crippen molar-refractivity contribution in [2.24, 2.45) is 0 Å². The van der Waals surface area contributed by atoms with Crippen LogP contribution in [-0.2, 0) is 17.1 Å². The van der Waals surface area contributed by atoms with Gasteiger partial charge in [-0.05, 0) is 6.07 Å². The lowest BCUT2D eigenvalue weighted by Gasteiger charge is -2.40. The molecule has 0 aliphatic carbocycles. The SMILES string of the molecule is OC[C@H]1O[C@@H](n2cnc3c(C(F)(F)F)cc(C(F)(F)F)nc32)[C@H](O)[C@@H](O)[C@@H]1O. The number of rotatable bonds is 2. The minimum Gasteiger partial charge on any atom is -0.394 e. The lowest BCUT2D eigenvalue weighted by atomic mass is 9.98. The fraction of sp³-hybridized carbons (Fsp3) is 0.571. The summed E-state index contributed by atoms with van der Waals surface area (Å²) >= 11 is 0. The fourth-order valence-electron chi connectivity index (χ4n) is 2.87. The molecule has 1 aliphatic rings. The molecule has 2 aromatic rings. The molecule has 156 valence electrons. The minimum absolute atomic E-state index is 0.188. The highest BCUT2D eigenvalue weighted by molar-refractivity contribution is 5.76. The zero-order valence-electron chi connectivity index (χ0n) is 13.6. The van der Waals surface area contributed by atoms with E-state index in [-0.39, 0.29) is 6.07 Å². The van der Waals surface area contributed by atoms with Crippen LogP contribution in [0.4, 0.5) is 26.3 Å². The Morgan fingerprint density at radius 2 is 1.64 bits per heavy atom. The van der Waals surface area contributed by atoms with Crippen LogP contribution in [0.3, 0.4) is 0 Å². The van der Waals surface area contributed by atoms with E-state index in [1.807, 2.05) is 0 Å². The van der Waals surface area contributed by atoms with Crippen molar-refractivity contribution in [1.29, 1.82) is 0 Å². The molecule has 0 amide bonds. The molecule has 1 fully saturated rings. The third-order valence-electron chi connectivity index (χ3n) is 4.27. The van der Waals surface area contributed by atoms with Crippen LogP contribution in [0, 0.1) is 0 Å². The summed E-state index contributed by atoms with van der Waals surface area (Å²) in [5, 5.41) is 38.8. The normalized spacial score (nSPS) is 29.4. The molecular formula is C14H13F6N3O5. The second-order valence-electron chi connectivity index (χ2n) is 6.09. The zero-order chi connectivity index (χ0) is 21.0. The second kappa shape index (κ2) is 6.81. The van der Waals surface area contributed by atoms with Gasteiger partial charge in [0.1, 0.15) is 35.6 Å². The molecule has 1 aliphatic heterocycles. The van der Waals surface area contributed by atoms with Gasteiger partial charge >= 0.3 is 12.4 Å². The lowest BCUT2D eigenvalue weighted by Crippen LogP contribution is -2.56. The van der Waals surface area contributed by atoms with Crippen molar-refractivity contribution in [2.45, 2.75) is 43.0 Å². The van der Waals surface area contributed by atoms with Gasteiger partial charge in [-0.15, -0.1) is 0 Å². The number of imidazole rings is 1. The summed E-state index contributed by atoms with van der Waals surface area (Å²) in [4.78, 5) is 6.59. The van der Waals surface area contributed by atoms with E-state index in [1.54, 1.807) is 0 Å². The molecule has 14 heteroatoms. The van der Waals surface area contributed by atoms with E-state index < -0.39 is 72.0 Å². The summed E-state index contributed by atoms with van der Waals surface area (Å²) < 4.78 is 84.4. The molecule has 3 rings (SSSR count). The molecule has 0 spiro atoms. The third-order valence-corrected chi connectivity index (χ3v) is 4.27. The average molecular weight is 417 g/mol. The highest BCUT2D eigenvalue weighted by Gasteiger charge is 2.46. The van der Waals surface area contributed by atoms with Crippen molar-refractivity contribution >= 4 is 11.2 Å². The van der Waals surface area contributed by atoms with Crippen LogP contribution in [0.5, 0.6) is 0 Å². The Morgan fingerprint density at radius 3 is 2.18 bits per heavy atom. The smallest absolute Gasteiger partial charge is 0.394 e. The van der Waals surface area contributed by atoms with E-state index >= 15 is 0 Å². The molecule has 8 nitrogen and oxygen atoms in total. The highest BCUT2D eigenvalue weighted by Crippen LogP contribution is 2.39. The topological polar surface area (TPSA) is 121 Å². The molecule has 28 heavy (non-hydrogen) atoms. The molecule has 0 radical (unpaired) electrons. The second-order valence-corrected chi connectivity index (χ2v) is 6.09. The lowest BCUT2D eigenvalue weighted by molar-refractivity contribution is -0.250. The number of hydrogen-bond donors (Lipinski definition) is 4. The third kappa shape index (κ3) is 3.41. The number of pyridine rings is 1. The summed E-state index contributed by atoms with van der Waals surface area (Å²) in [6.07, 6.45) is -18.6. The van der Waals surface area contributed by atoms with Crippen LogP contribution >= 0.6 is 0 Å². The van der Waals surface area contributed by atoms with Crippen LogP contribution in [0.15, 0.2) is 12.4 Å². The summed E-state index contributed by atoms with van der Waals surface area (Å²) in [6.45, 7) is -0.844. The number of fused-ring (bicyclic) bond motifs is 1. The molecule has 5 atom stereocenters. The van der Waals surface area contributed by atoms with Crippen LogP contribution in [-0.4, -0.2) is 66.0 Å². The molecule has 4 N–H and O–H groups in total. The van der Waals surface area contributed by atoms with E-state index in [0.717, 1.165) is 0 Å². The predicted molar refractivity (Wildman–Crippen MR) is 76.5 cm³/mol. The van der Waals surface area contributed by atoms with E-state index in [0.29, 0.717) is 10.9 Å². The number of aromatic nitrogens is 3. The Kier molecular flexibility index (Phi) is 5.04. The summed E-state index contributed by atoms with van der Waals surface area (Å²) in [5.74, 6) is 0. The number of aliphatic hydroxyl groups excluding tert-OH is 4. The molecule has 0 aromatic carbocycles. The quantitative estimate of drug-likeness (QED) is 0.524. The zero-order valence-corrected chi connectivity index (χ0v) is 13.6. The van der Waals surface area contributed by atoms with E-state index in [4.69, 9.17) is 4.74 Å².